The first-order chi connectivity index (χ1) is 41.9. The largest absolute Gasteiger partial charge is 0.458 e. The van der Waals surface area contributed by atoms with Crippen LogP contribution in [-0.4, -0.2) is 204 Å². The smallest absolute Gasteiger partial charge is 0.329 e. The molecule has 0 radical (unpaired) electrons. The van der Waals surface area contributed by atoms with E-state index < -0.39 is 205 Å². The molecule has 498 valence electrons. The minimum Gasteiger partial charge on any atom is -0.458 e. The van der Waals surface area contributed by atoms with Crippen molar-refractivity contribution in [1.29, 1.82) is 0 Å². The number of amides is 11. The summed E-state index contributed by atoms with van der Waals surface area (Å²) >= 11 is 0. The Hall–Kier alpha value is -8.03. The molecule has 19 N–H and O–H groups in total. The number of nitrogens with one attached hydrogen (secondary N) is 12. The number of aliphatic hydroxyl groups excluding tert-OH is 3. The Bertz CT molecular complexity index is 2650. The quantitative estimate of drug-likeness (QED) is 0.0300. The number of esters is 1. The number of rotatable bonds is 32. The third-order valence-electron chi connectivity index (χ3n) is 16.2. The number of aliphatic hydroxyl groups is 3. The van der Waals surface area contributed by atoms with Crippen LogP contribution in [0.25, 0.3) is 0 Å². The van der Waals surface area contributed by atoms with Gasteiger partial charge in [0.2, 0.25) is 65.0 Å². The number of likely N-dealkylation sites (N-methyl/N-ethyl adjacent to an activating group) is 1. The SMILES string of the molecule is CC[C@H](C)[C@H](NC(=O)[C@H](NC(=O)[C@@H](CCC(N)=O)NC(=O)[C@H](CO)NC(=O)[C@@H](NC(=O)[C@@H](Cc1ccccc1)NC)[C@@H](C)C(C)O)[C@@H](C)CC)C(=O)N[C@@H](CO)C(=O)N[C@H]1C(=O)N[C@@H](C)C(=O)N[C@@H](C[C@H]2CN=C(N)N2)C(=O)N[C@@H]([C@@H](C)CC)C(=O)O[C@H]1C. The lowest BCUT2D eigenvalue weighted by Gasteiger charge is -2.31. The fourth-order valence-electron chi connectivity index (χ4n) is 9.50. The molecule has 11 amide bonds. The number of hydrogen-bond donors (Lipinski definition) is 17. The van der Waals surface area contributed by atoms with Crippen molar-refractivity contribution in [2.75, 3.05) is 26.8 Å². The lowest BCUT2D eigenvalue weighted by Crippen LogP contribution is -2.63. The van der Waals surface area contributed by atoms with E-state index in [1.165, 1.54) is 27.7 Å². The normalized spacial score (nSPS) is 23.0. The molecular weight excluding hydrogens is 1160 g/mol. The number of aliphatic imine (C=N–C) groups is 1. The topological polar surface area (TPSA) is 484 Å². The minimum absolute atomic E-state index is 0.0155. The molecule has 3 rings (SSSR count). The van der Waals surface area contributed by atoms with Crippen molar-refractivity contribution in [1.82, 2.24) is 63.8 Å². The highest BCUT2D eigenvalue weighted by molar-refractivity contribution is 6.00. The molecule has 0 aliphatic carbocycles. The van der Waals surface area contributed by atoms with Gasteiger partial charge < -0.3 is 95.3 Å². The summed E-state index contributed by atoms with van der Waals surface area (Å²) in [5.74, 6) is -14.1. The van der Waals surface area contributed by atoms with E-state index in [1.807, 2.05) is 18.2 Å². The lowest BCUT2D eigenvalue weighted by atomic mass is 9.94. The van der Waals surface area contributed by atoms with E-state index in [0.29, 0.717) is 6.42 Å². The number of benzene rings is 1. The summed E-state index contributed by atoms with van der Waals surface area (Å²) in [5, 5.41) is 62.4. The van der Waals surface area contributed by atoms with E-state index in [2.05, 4.69) is 68.8 Å². The van der Waals surface area contributed by atoms with Crippen molar-refractivity contribution >= 4 is 76.9 Å². The van der Waals surface area contributed by atoms with Crippen molar-refractivity contribution in [3.8, 4) is 0 Å². The second-order valence-corrected chi connectivity index (χ2v) is 23.0. The maximum atomic E-state index is 14.4. The van der Waals surface area contributed by atoms with E-state index in [4.69, 9.17) is 16.2 Å². The van der Waals surface area contributed by atoms with Crippen LogP contribution in [0, 0.1) is 23.7 Å². The Kier molecular flexibility index (Phi) is 30.8. The highest BCUT2D eigenvalue weighted by Gasteiger charge is 2.42. The average Bonchev–Trinajstić information content (AvgIpc) is 4.19. The first-order valence-electron chi connectivity index (χ1n) is 30.1. The zero-order valence-corrected chi connectivity index (χ0v) is 52.6. The number of carbonyl (C=O) groups is 12. The summed E-state index contributed by atoms with van der Waals surface area (Å²) in [6, 6.07) is -7.60. The summed E-state index contributed by atoms with van der Waals surface area (Å²) in [4.78, 5) is 170. The molecule has 31 heteroatoms. The third-order valence-corrected chi connectivity index (χ3v) is 16.2. The number of nitrogens with two attached hydrogens (primary N) is 2. The van der Waals surface area contributed by atoms with Crippen molar-refractivity contribution in [2.24, 2.45) is 40.1 Å². The maximum absolute atomic E-state index is 14.4. The summed E-state index contributed by atoms with van der Waals surface area (Å²) < 4.78 is 5.72. The van der Waals surface area contributed by atoms with Gasteiger partial charge in [0.1, 0.15) is 66.5 Å². The van der Waals surface area contributed by atoms with Crippen LogP contribution in [0.15, 0.2) is 35.3 Å². The molecule has 18 atom stereocenters. The predicted octanol–water partition coefficient (Wildman–Crippen LogP) is -5.29. The Morgan fingerprint density at radius 3 is 1.69 bits per heavy atom. The summed E-state index contributed by atoms with van der Waals surface area (Å²) in [5.41, 5.74) is 12.0. The molecule has 2 aliphatic rings. The van der Waals surface area contributed by atoms with Gasteiger partial charge in [-0.05, 0) is 70.4 Å². The number of primary amides is 1. The Labute approximate surface area is 518 Å². The van der Waals surface area contributed by atoms with Crippen LogP contribution in [0.5, 0.6) is 0 Å². The van der Waals surface area contributed by atoms with Crippen LogP contribution in [0.1, 0.15) is 113 Å². The van der Waals surface area contributed by atoms with Crippen molar-refractivity contribution in [3.05, 3.63) is 35.9 Å². The Balaban J connectivity index is 1.86. The Morgan fingerprint density at radius 1 is 0.652 bits per heavy atom. The highest BCUT2D eigenvalue weighted by Crippen LogP contribution is 2.18. The van der Waals surface area contributed by atoms with Gasteiger partial charge in [-0.25, -0.2) is 4.79 Å². The summed E-state index contributed by atoms with van der Waals surface area (Å²) in [6.45, 7) is 13.5. The molecule has 1 aromatic carbocycles. The number of cyclic esters (lactones) is 1. The minimum atomic E-state index is -1.84. The van der Waals surface area contributed by atoms with Gasteiger partial charge in [0.25, 0.3) is 0 Å². The van der Waals surface area contributed by atoms with Gasteiger partial charge in [-0.15, -0.1) is 0 Å². The number of hydrogen-bond acceptors (Lipinski definition) is 20. The molecule has 0 bridgehead atoms. The predicted molar refractivity (Wildman–Crippen MR) is 323 cm³/mol. The van der Waals surface area contributed by atoms with Gasteiger partial charge in [-0.3, -0.25) is 57.7 Å². The molecule has 1 saturated heterocycles. The average molecular weight is 1260 g/mol. The molecule has 1 fully saturated rings. The molecule has 2 aliphatic heterocycles. The molecule has 0 saturated carbocycles. The maximum Gasteiger partial charge on any atom is 0.329 e. The molecule has 31 nitrogen and oxygen atoms in total. The first kappa shape index (κ1) is 75.2. The molecule has 0 spiro atoms. The third kappa shape index (κ3) is 22.8. The molecule has 0 aromatic heterocycles. The van der Waals surface area contributed by atoms with Gasteiger partial charge in [0, 0.05) is 12.3 Å². The van der Waals surface area contributed by atoms with Crippen LogP contribution in [-0.2, 0) is 68.7 Å². The van der Waals surface area contributed by atoms with Gasteiger partial charge in [0.05, 0.1) is 37.9 Å². The second-order valence-electron chi connectivity index (χ2n) is 23.0. The fraction of sp³-hybridized carbons (Fsp3) is 0.672. The van der Waals surface area contributed by atoms with Crippen molar-refractivity contribution < 1.29 is 77.6 Å². The zero-order chi connectivity index (χ0) is 67.0. The van der Waals surface area contributed by atoms with E-state index >= 15 is 0 Å². The number of carbonyl (C=O) groups excluding carboxylic acids is 12. The first-order valence-corrected chi connectivity index (χ1v) is 30.1. The van der Waals surface area contributed by atoms with E-state index in [-0.39, 0.29) is 38.2 Å². The van der Waals surface area contributed by atoms with E-state index in [9.17, 15) is 72.9 Å². The molecular formula is C58H95N15O16. The van der Waals surface area contributed by atoms with Gasteiger partial charge >= 0.3 is 5.97 Å². The van der Waals surface area contributed by atoms with E-state index in [1.54, 1.807) is 60.7 Å². The van der Waals surface area contributed by atoms with Gasteiger partial charge in [-0.1, -0.05) is 98.1 Å². The molecule has 89 heavy (non-hydrogen) atoms. The lowest BCUT2D eigenvalue weighted by molar-refractivity contribution is -0.157. The number of nitrogens with zero attached hydrogens (tertiary/aromatic N) is 1. The number of ether oxygens (including phenoxy) is 1. The van der Waals surface area contributed by atoms with Crippen LogP contribution >= 0.6 is 0 Å². The number of guanidine groups is 1. The van der Waals surface area contributed by atoms with Crippen LogP contribution in [0.4, 0.5) is 0 Å². The summed E-state index contributed by atoms with van der Waals surface area (Å²) in [7, 11) is 1.55. The van der Waals surface area contributed by atoms with Gasteiger partial charge in [0.15, 0.2) is 5.96 Å². The Morgan fingerprint density at radius 2 is 1.17 bits per heavy atom. The zero-order valence-electron chi connectivity index (χ0n) is 52.6. The van der Waals surface area contributed by atoms with Crippen LogP contribution < -0.4 is 75.3 Å². The molecule has 1 aromatic rings. The molecule has 1 unspecified atom stereocenters. The van der Waals surface area contributed by atoms with Crippen molar-refractivity contribution in [2.45, 2.75) is 199 Å². The highest BCUT2D eigenvalue weighted by atomic mass is 16.5. The van der Waals surface area contributed by atoms with E-state index in [0.717, 1.165) is 5.56 Å². The second kappa shape index (κ2) is 36.5. The summed E-state index contributed by atoms with van der Waals surface area (Å²) in [6.07, 6.45) is -2.52. The standard InChI is InChI=1S/C58H95N15O16/c1-12-27(4)42(53(84)67-40(26-75)52(83)73-46-33(10)89-57(88)44(29(6)14-3)71-50(81)38(23-35-24-62-58(60)64-35)66-47(78)31(8)63-56(46)87)70-54(85)43(28(5)13-2)69-48(79)36(20-21-41(59)77)65-51(82)39(25-74)68-55(86)45(30(7)32(9)76)72-49(80)37(61-11)22-34-18-16-15-17-19-34/h15-19,27-33,35-40,42-46,61,74-76H,12-14,20-26H2,1-11H3,(H2,59,77)(H,63,87)(H,65,82)(H,66,78)(H,67,84)(H,68,86)(H,69,79)(H,70,85)(H,71,81)(H,72,80)(H,73,83)(H3,60,62,64)/t27-,28-,29-,30-,31-,32?,33-,35-,36+,37+,38-,39-,40-,42-,43+,44-,45-,46+/m0/s1. The van der Waals surface area contributed by atoms with Gasteiger partial charge in [-0.2, -0.15) is 0 Å². The van der Waals surface area contributed by atoms with Crippen molar-refractivity contribution in [3.63, 3.8) is 0 Å². The van der Waals surface area contributed by atoms with Crippen LogP contribution in [0.2, 0.25) is 0 Å². The monoisotopic (exact) mass is 1260 g/mol. The molecule has 2 heterocycles. The van der Waals surface area contributed by atoms with Crippen LogP contribution in [0.3, 0.4) is 0 Å². The fourth-order valence-corrected chi connectivity index (χ4v) is 9.50.